The van der Waals surface area contributed by atoms with Crippen LogP contribution in [0, 0.1) is 12.7 Å². The Labute approximate surface area is 273 Å². The van der Waals surface area contributed by atoms with Crippen molar-refractivity contribution in [1.82, 2.24) is 25.1 Å². The first-order chi connectivity index (χ1) is 23.1. The van der Waals surface area contributed by atoms with Crippen molar-refractivity contribution in [1.29, 1.82) is 0 Å². The molecule has 0 radical (unpaired) electrons. The van der Waals surface area contributed by atoms with Crippen molar-refractivity contribution >= 4 is 50.0 Å². The summed E-state index contributed by atoms with van der Waals surface area (Å²) < 4.78 is 45.2. The second-order valence-electron chi connectivity index (χ2n) is 10.6. The highest BCUT2D eigenvalue weighted by molar-refractivity contribution is 7.89. The third-order valence-electron chi connectivity index (χ3n) is 7.26. The lowest BCUT2D eigenvalue weighted by Gasteiger charge is -2.12. The topological polar surface area (TPSA) is 180 Å². The minimum Gasteiger partial charge on any atom is -0.508 e. The van der Waals surface area contributed by atoms with E-state index in [4.69, 9.17) is 9.57 Å². The van der Waals surface area contributed by atoms with Gasteiger partial charge in [-0.1, -0.05) is 30.3 Å². The maximum absolute atomic E-state index is 14.5. The Morgan fingerprint density at radius 3 is 2.58 bits per heavy atom. The summed E-state index contributed by atoms with van der Waals surface area (Å²) in [6.45, 7) is 1.63. The number of nitrogens with zero attached hydrogens (tertiary/aromatic N) is 3. The number of nitrogens with one attached hydrogen (secondary N) is 4. The zero-order valence-electron chi connectivity index (χ0n) is 25.5. The monoisotopic (exact) mass is 669 g/mol. The van der Waals surface area contributed by atoms with Crippen LogP contribution in [0.4, 0.5) is 27.5 Å². The van der Waals surface area contributed by atoms with Gasteiger partial charge in [0.2, 0.25) is 5.95 Å². The number of aromatic hydroxyl groups is 1. The predicted octanol–water partition coefficient (Wildman–Crippen LogP) is 5.64. The molecule has 0 atom stereocenters. The number of benzene rings is 4. The number of H-pyrrole nitrogens is 1. The van der Waals surface area contributed by atoms with Crippen LogP contribution in [0.3, 0.4) is 0 Å². The number of anilines is 4. The molecule has 6 rings (SSSR count). The number of methoxy groups -OCH3 is 1. The van der Waals surface area contributed by atoms with Gasteiger partial charge in [0.1, 0.15) is 11.5 Å². The molecule has 0 aliphatic rings. The minimum absolute atomic E-state index is 0.00720. The number of rotatable bonds is 11. The van der Waals surface area contributed by atoms with Gasteiger partial charge in [-0.25, -0.2) is 22.6 Å². The van der Waals surface area contributed by atoms with Crippen molar-refractivity contribution in [3.63, 3.8) is 0 Å². The maximum atomic E-state index is 14.5. The number of aryl methyl sites for hydroxylation is 1. The van der Waals surface area contributed by atoms with Crippen molar-refractivity contribution < 1.29 is 32.3 Å². The molecule has 15 heteroatoms. The summed E-state index contributed by atoms with van der Waals surface area (Å²) in [6, 6.07) is 22.6. The second-order valence-corrected chi connectivity index (χ2v) is 12.2. The molecule has 0 spiro atoms. The van der Waals surface area contributed by atoms with E-state index in [2.05, 4.69) is 30.8 Å². The fourth-order valence-corrected chi connectivity index (χ4v) is 5.92. The summed E-state index contributed by atoms with van der Waals surface area (Å²) in [5.41, 5.74) is 3.74. The molecule has 48 heavy (non-hydrogen) atoms. The normalized spacial score (nSPS) is 11.3. The van der Waals surface area contributed by atoms with Gasteiger partial charge in [0.15, 0.2) is 11.6 Å². The summed E-state index contributed by atoms with van der Waals surface area (Å²) in [6.07, 6.45) is 1.35. The average Bonchev–Trinajstić information content (AvgIpc) is 3.47. The standard InChI is InChI=1S/C33H28FN7O6S/c1-19-6-3-4-9-30(19)48(44,45)41-47-32(43)21-11-10-20(29(15-21)46-2)14-28-25-17-23(12-13-27(25)39-40-28)37-33-35-18-26(34)31(38-33)36-22-7-5-8-24(42)16-22/h3-13,15-18,41-42H,14H2,1-2H3,(H,39,40)(H2,35,36,37,38). The van der Waals surface area contributed by atoms with Gasteiger partial charge in [0, 0.05) is 34.8 Å². The molecule has 0 fully saturated rings. The Morgan fingerprint density at radius 2 is 1.79 bits per heavy atom. The van der Waals surface area contributed by atoms with E-state index in [1.807, 2.05) is 17.0 Å². The lowest BCUT2D eigenvalue weighted by molar-refractivity contribution is 0.0407. The number of hydrogen-bond acceptors (Lipinski definition) is 11. The number of aromatic nitrogens is 4. The van der Waals surface area contributed by atoms with Gasteiger partial charge in [-0.3, -0.25) is 5.10 Å². The van der Waals surface area contributed by atoms with Gasteiger partial charge in [-0.05, 0) is 65.9 Å². The molecule has 0 amide bonds. The van der Waals surface area contributed by atoms with Gasteiger partial charge in [-0.2, -0.15) is 10.1 Å². The fraction of sp³-hybridized carbons (Fsp3) is 0.0909. The number of carbonyl (C=O) groups excluding carboxylic acids is 1. The SMILES string of the molecule is COc1cc(C(=O)ONS(=O)(=O)c2ccccc2C)ccc1Cc1n[nH]c2ccc(Nc3ncc(F)c(Nc4cccc(O)c4)n3)cc12. The lowest BCUT2D eigenvalue weighted by Crippen LogP contribution is -2.28. The quantitative estimate of drug-likeness (QED) is 0.108. The highest BCUT2D eigenvalue weighted by Gasteiger charge is 2.21. The zero-order valence-corrected chi connectivity index (χ0v) is 26.3. The molecule has 6 aromatic rings. The first-order valence-corrected chi connectivity index (χ1v) is 15.9. The first-order valence-electron chi connectivity index (χ1n) is 14.4. The molecule has 0 saturated heterocycles. The zero-order chi connectivity index (χ0) is 33.8. The molecule has 5 N–H and O–H groups in total. The van der Waals surface area contributed by atoms with Crippen LogP contribution in [0.15, 0.2) is 96.0 Å². The van der Waals surface area contributed by atoms with Gasteiger partial charge in [-0.15, -0.1) is 0 Å². The summed E-state index contributed by atoms with van der Waals surface area (Å²) in [5.74, 6) is -1.15. The van der Waals surface area contributed by atoms with E-state index in [0.29, 0.717) is 40.4 Å². The molecule has 2 aromatic heterocycles. The highest BCUT2D eigenvalue weighted by Crippen LogP contribution is 2.29. The largest absolute Gasteiger partial charge is 0.508 e. The Morgan fingerprint density at radius 1 is 0.979 bits per heavy atom. The van der Waals surface area contributed by atoms with Crippen LogP contribution in [0.2, 0.25) is 0 Å². The van der Waals surface area contributed by atoms with Crippen LogP contribution in [0.5, 0.6) is 11.5 Å². The molecule has 0 unspecified atom stereocenters. The maximum Gasteiger partial charge on any atom is 0.357 e. The molecular formula is C33H28FN7O6S. The number of ether oxygens (including phenoxy) is 1. The summed E-state index contributed by atoms with van der Waals surface area (Å²) in [4.78, 5) is 27.8. The van der Waals surface area contributed by atoms with Crippen LogP contribution in [0.25, 0.3) is 10.9 Å². The molecule has 0 aliphatic heterocycles. The number of phenolic OH excluding ortho intramolecular Hbond substituents is 1. The molecule has 244 valence electrons. The van der Waals surface area contributed by atoms with Crippen LogP contribution in [-0.2, 0) is 21.3 Å². The minimum atomic E-state index is -4.09. The van der Waals surface area contributed by atoms with E-state index in [9.17, 15) is 22.7 Å². The van der Waals surface area contributed by atoms with E-state index < -0.39 is 21.8 Å². The van der Waals surface area contributed by atoms with Gasteiger partial charge in [0.25, 0.3) is 10.0 Å². The third-order valence-corrected chi connectivity index (χ3v) is 8.60. The van der Waals surface area contributed by atoms with Crippen molar-refractivity contribution in [2.45, 2.75) is 18.2 Å². The number of phenols is 1. The molecule has 13 nitrogen and oxygen atoms in total. The van der Waals surface area contributed by atoms with Crippen molar-refractivity contribution in [2.24, 2.45) is 0 Å². The van der Waals surface area contributed by atoms with E-state index in [-0.39, 0.29) is 28.0 Å². The van der Waals surface area contributed by atoms with E-state index in [0.717, 1.165) is 17.1 Å². The molecule has 4 aromatic carbocycles. The fourth-order valence-electron chi connectivity index (χ4n) is 4.90. The van der Waals surface area contributed by atoms with Crippen molar-refractivity contribution in [3.05, 3.63) is 119 Å². The Hall–Kier alpha value is -6.06. The number of fused-ring (bicyclic) bond motifs is 1. The summed E-state index contributed by atoms with van der Waals surface area (Å²) >= 11 is 0. The molecule has 0 bridgehead atoms. The number of hydrogen-bond donors (Lipinski definition) is 5. The van der Waals surface area contributed by atoms with Crippen LogP contribution in [0.1, 0.15) is 27.2 Å². The highest BCUT2D eigenvalue weighted by atomic mass is 32.2. The van der Waals surface area contributed by atoms with Crippen molar-refractivity contribution in [3.8, 4) is 11.5 Å². The second kappa shape index (κ2) is 13.4. The van der Waals surface area contributed by atoms with Gasteiger partial charge in [0.05, 0.1) is 35.0 Å². The summed E-state index contributed by atoms with van der Waals surface area (Å²) in [5, 5.41) is 23.8. The van der Waals surface area contributed by atoms with Crippen molar-refractivity contribution in [2.75, 3.05) is 17.7 Å². The Kier molecular flexibility index (Phi) is 8.87. The molecule has 2 heterocycles. The Balaban J connectivity index is 1.17. The third kappa shape index (κ3) is 7.01. The van der Waals surface area contributed by atoms with Crippen LogP contribution >= 0.6 is 0 Å². The predicted molar refractivity (Wildman–Crippen MR) is 175 cm³/mol. The van der Waals surface area contributed by atoms with E-state index >= 15 is 0 Å². The molecule has 0 saturated carbocycles. The number of carbonyl (C=O) groups is 1. The number of halogens is 1. The van der Waals surface area contributed by atoms with E-state index in [1.54, 1.807) is 49.4 Å². The van der Waals surface area contributed by atoms with Crippen LogP contribution < -0.4 is 20.3 Å². The smallest absolute Gasteiger partial charge is 0.357 e. The van der Waals surface area contributed by atoms with Crippen LogP contribution in [-0.4, -0.2) is 46.8 Å². The lowest BCUT2D eigenvalue weighted by atomic mass is 10.0. The van der Waals surface area contributed by atoms with Gasteiger partial charge < -0.3 is 25.3 Å². The molecular weight excluding hydrogens is 641 g/mol. The Bertz CT molecular complexity index is 2260. The number of aromatic amines is 1. The average molecular weight is 670 g/mol. The van der Waals surface area contributed by atoms with E-state index in [1.165, 1.54) is 37.4 Å². The summed E-state index contributed by atoms with van der Waals surface area (Å²) in [7, 11) is -2.64. The first kappa shape index (κ1) is 31.9. The van der Waals surface area contributed by atoms with Gasteiger partial charge >= 0.3 is 5.97 Å². The number of sulfonamides is 1. The molecule has 0 aliphatic carbocycles.